The van der Waals surface area contributed by atoms with Gasteiger partial charge in [-0.2, -0.15) is 0 Å². The van der Waals surface area contributed by atoms with Crippen LogP contribution in [0.25, 0.3) is 0 Å². The molecule has 0 aromatic heterocycles. The Hall–Kier alpha value is -1.18. The first-order valence-corrected chi connectivity index (χ1v) is 6.81. The Kier molecular flexibility index (Phi) is 3.93. The first-order chi connectivity index (χ1) is 8.17. The molecular weight excluding hydrogens is 208 g/mol. The van der Waals surface area contributed by atoms with Crippen molar-refractivity contribution in [3.05, 3.63) is 23.8 Å². The number of hydrogen-bond donors (Lipinski definition) is 2. The molecule has 0 heterocycles. The summed E-state index contributed by atoms with van der Waals surface area (Å²) in [5, 5.41) is 3.65. The third-order valence-electron chi connectivity index (χ3n) is 3.83. The van der Waals surface area contributed by atoms with Crippen LogP contribution in [0.1, 0.15) is 44.6 Å². The maximum Gasteiger partial charge on any atom is 0.0365 e. The number of nitrogen functional groups attached to an aromatic ring is 1. The van der Waals surface area contributed by atoms with Gasteiger partial charge in [-0.3, -0.25) is 0 Å². The maximum atomic E-state index is 5.88. The van der Waals surface area contributed by atoms with Crippen molar-refractivity contribution in [3.8, 4) is 0 Å². The number of nitrogens with two attached hydrogens (primary N) is 1. The Labute approximate surface area is 105 Å². The number of hydrogen-bond acceptors (Lipinski definition) is 2. The van der Waals surface area contributed by atoms with E-state index in [0.29, 0.717) is 6.04 Å². The lowest BCUT2D eigenvalue weighted by atomic mass is 9.84. The summed E-state index contributed by atoms with van der Waals surface area (Å²) in [5.41, 5.74) is 9.15. The average molecular weight is 232 g/mol. The second-order valence-corrected chi connectivity index (χ2v) is 5.41. The highest BCUT2D eigenvalue weighted by Gasteiger charge is 2.20. The lowest BCUT2D eigenvalue weighted by Gasteiger charge is -2.30. The highest BCUT2D eigenvalue weighted by molar-refractivity contribution is 5.57. The molecular formula is C15H24N2. The van der Waals surface area contributed by atoms with Gasteiger partial charge >= 0.3 is 0 Å². The Morgan fingerprint density at radius 3 is 2.82 bits per heavy atom. The van der Waals surface area contributed by atoms with E-state index in [4.69, 9.17) is 5.73 Å². The minimum absolute atomic E-state index is 0.634. The zero-order chi connectivity index (χ0) is 12.3. The van der Waals surface area contributed by atoms with Crippen LogP contribution in [0.5, 0.6) is 0 Å². The van der Waals surface area contributed by atoms with Gasteiger partial charge in [-0.25, -0.2) is 0 Å². The van der Waals surface area contributed by atoms with E-state index < -0.39 is 0 Å². The Balaban J connectivity index is 2.00. The van der Waals surface area contributed by atoms with E-state index in [9.17, 15) is 0 Å². The van der Waals surface area contributed by atoms with Crippen LogP contribution < -0.4 is 11.1 Å². The van der Waals surface area contributed by atoms with E-state index in [2.05, 4.69) is 25.2 Å². The summed E-state index contributed by atoms with van der Waals surface area (Å²) in [6.45, 7) is 4.40. The molecule has 94 valence electrons. The van der Waals surface area contributed by atoms with Crippen molar-refractivity contribution in [1.29, 1.82) is 0 Å². The zero-order valence-electron chi connectivity index (χ0n) is 11.0. The van der Waals surface area contributed by atoms with E-state index >= 15 is 0 Å². The summed E-state index contributed by atoms with van der Waals surface area (Å²) in [7, 11) is 0. The van der Waals surface area contributed by atoms with Gasteiger partial charge in [0.05, 0.1) is 0 Å². The molecule has 2 atom stereocenters. The molecule has 2 nitrogen and oxygen atoms in total. The fraction of sp³-hybridized carbons (Fsp3) is 0.600. The zero-order valence-corrected chi connectivity index (χ0v) is 11.0. The number of benzene rings is 1. The maximum absolute atomic E-state index is 5.88. The molecule has 2 heteroatoms. The second-order valence-electron chi connectivity index (χ2n) is 5.41. The number of nitrogens with one attached hydrogen (secondary N) is 1. The van der Waals surface area contributed by atoms with E-state index in [1.165, 1.54) is 43.4 Å². The molecule has 0 saturated heterocycles. The predicted molar refractivity (Wildman–Crippen MR) is 75.3 cm³/mol. The predicted octanol–water partition coefficient (Wildman–Crippen LogP) is 3.96. The molecule has 1 aliphatic carbocycles. The molecule has 2 unspecified atom stereocenters. The first-order valence-electron chi connectivity index (χ1n) is 6.81. The van der Waals surface area contributed by atoms with Crippen LogP contribution in [-0.2, 0) is 0 Å². The van der Waals surface area contributed by atoms with E-state index in [-0.39, 0.29) is 0 Å². The van der Waals surface area contributed by atoms with Crippen molar-refractivity contribution in [2.75, 3.05) is 11.1 Å². The molecule has 0 bridgehead atoms. The van der Waals surface area contributed by atoms with Crippen molar-refractivity contribution in [2.45, 2.75) is 52.0 Å². The van der Waals surface area contributed by atoms with Gasteiger partial charge < -0.3 is 11.1 Å². The van der Waals surface area contributed by atoms with Gasteiger partial charge in [0.25, 0.3) is 0 Å². The largest absolute Gasteiger partial charge is 0.399 e. The molecule has 2 rings (SSSR count). The van der Waals surface area contributed by atoms with Crippen LogP contribution in [0.15, 0.2) is 18.2 Å². The van der Waals surface area contributed by atoms with Crippen molar-refractivity contribution >= 4 is 11.4 Å². The topological polar surface area (TPSA) is 38.0 Å². The Morgan fingerprint density at radius 1 is 1.29 bits per heavy atom. The van der Waals surface area contributed by atoms with Gasteiger partial charge in [-0.1, -0.05) is 26.2 Å². The normalized spacial score (nSPS) is 24.6. The quantitative estimate of drug-likeness (QED) is 0.774. The summed E-state index contributed by atoms with van der Waals surface area (Å²) in [6, 6.07) is 6.88. The minimum atomic E-state index is 0.634. The SMILES string of the molecule is CCC1CCCC(Nc2cc(C)cc(N)c2)C1. The van der Waals surface area contributed by atoms with Crippen LogP contribution in [0.2, 0.25) is 0 Å². The number of aryl methyl sites for hydroxylation is 1. The molecule has 1 aliphatic rings. The summed E-state index contributed by atoms with van der Waals surface area (Å²) < 4.78 is 0. The molecule has 17 heavy (non-hydrogen) atoms. The summed E-state index contributed by atoms with van der Waals surface area (Å²) >= 11 is 0. The molecule has 0 spiro atoms. The number of rotatable bonds is 3. The molecule has 1 aromatic rings. The average Bonchev–Trinajstić information content (AvgIpc) is 2.28. The Bertz CT molecular complexity index is 353. The van der Waals surface area contributed by atoms with Crippen LogP contribution in [-0.4, -0.2) is 6.04 Å². The fourth-order valence-corrected chi connectivity index (χ4v) is 2.92. The summed E-state index contributed by atoms with van der Waals surface area (Å²) in [5.74, 6) is 0.906. The van der Waals surface area contributed by atoms with E-state index in [1.54, 1.807) is 0 Å². The van der Waals surface area contributed by atoms with Crippen molar-refractivity contribution in [3.63, 3.8) is 0 Å². The van der Waals surface area contributed by atoms with Crippen molar-refractivity contribution in [1.82, 2.24) is 0 Å². The van der Waals surface area contributed by atoms with Gasteiger partial charge in [0.2, 0.25) is 0 Å². The van der Waals surface area contributed by atoms with Crippen LogP contribution in [0.4, 0.5) is 11.4 Å². The summed E-state index contributed by atoms with van der Waals surface area (Å²) in [4.78, 5) is 0. The third-order valence-corrected chi connectivity index (χ3v) is 3.83. The first kappa shape index (κ1) is 12.3. The lowest BCUT2D eigenvalue weighted by molar-refractivity contribution is 0.327. The summed E-state index contributed by atoms with van der Waals surface area (Å²) in [6.07, 6.45) is 6.69. The molecule has 1 fully saturated rings. The number of anilines is 2. The molecule has 0 amide bonds. The van der Waals surface area contributed by atoms with Crippen LogP contribution in [0.3, 0.4) is 0 Å². The van der Waals surface area contributed by atoms with Gasteiger partial charge in [-0.15, -0.1) is 0 Å². The molecule has 1 aromatic carbocycles. The van der Waals surface area contributed by atoms with Crippen molar-refractivity contribution in [2.24, 2.45) is 5.92 Å². The fourth-order valence-electron chi connectivity index (χ4n) is 2.92. The van der Waals surface area contributed by atoms with Gasteiger partial charge in [0.15, 0.2) is 0 Å². The smallest absolute Gasteiger partial charge is 0.0365 e. The van der Waals surface area contributed by atoms with Crippen LogP contribution >= 0.6 is 0 Å². The highest BCUT2D eigenvalue weighted by Crippen LogP contribution is 2.29. The monoisotopic (exact) mass is 232 g/mol. The standard InChI is InChI=1S/C15H24N2/c1-3-12-5-4-6-14(9-12)17-15-8-11(2)7-13(16)10-15/h7-8,10,12,14,17H,3-6,9,16H2,1-2H3. The van der Waals surface area contributed by atoms with E-state index in [0.717, 1.165) is 11.6 Å². The lowest BCUT2D eigenvalue weighted by Crippen LogP contribution is -2.27. The highest BCUT2D eigenvalue weighted by atomic mass is 14.9. The molecule has 0 radical (unpaired) electrons. The minimum Gasteiger partial charge on any atom is -0.399 e. The van der Waals surface area contributed by atoms with Crippen LogP contribution in [0, 0.1) is 12.8 Å². The second kappa shape index (κ2) is 5.44. The van der Waals surface area contributed by atoms with Gasteiger partial charge in [0, 0.05) is 17.4 Å². The third kappa shape index (κ3) is 3.39. The van der Waals surface area contributed by atoms with Gasteiger partial charge in [0.1, 0.15) is 0 Å². The molecule has 1 saturated carbocycles. The van der Waals surface area contributed by atoms with Crippen molar-refractivity contribution < 1.29 is 0 Å². The van der Waals surface area contributed by atoms with E-state index in [1.807, 2.05) is 12.1 Å². The Morgan fingerprint density at radius 2 is 2.12 bits per heavy atom. The molecule has 3 N–H and O–H groups in total. The molecule has 0 aliphatic heterocycles. The van der Waals surface area contributed by atoms with Gasteiger partial charge in [-0.05, 0) is 49.4 Å².